The number of thiocarbonyl (C=S) groups is 1. The maximum Gasteiger partial charge on any atom is 0.160 e. The standard InChI is InChI=1S/C6H10.CH4N2S/c1-2-4-6-5-3-1;2-1(3)4/h1-2H,3-6H2;(H4,2,3,4). The molecule has 0 saturated carbocycles. The molecule has 4 N–H and O–H groups in total. The smallest absolute Gasteiger partial charge is 0.160 e. The second-order valence-corrected chi connectivity index (χ2v) is 2.63. The Morgan fingerprint density at radius 3 is 1.50 bits per heavy atom. The van der Waals surface area contributed by atoms with Gasteiger partial charge in [-0.25, -0.2) is 0 Å². The summed E-state index contributed by atoms with van der Waals surface area (Å²) in [4.78, 5) is 0. The lowest BCUT2D eigenvalue weighted by molar-refractivity contribution is 0.730. The van der Waals surface area contributed by atoms with Crippen LogP contribution in [0.2, 0.25) is 0 Å². The van der Waals surface area contributed by atoms with Crippen molar-refractivity contribution in [3.63, 3.8) is 0 Å². The lowest BCUT2D eigenvalue weighted by atomic mass is 10.1. The van der Waals surface area contributed by atoms with Gasteiger partial charge in [-0.15, -0.1) is 0 Å². The summed E-state index contributed by atoms with van der Waals surface area (Å²) >= 11 is 4.09. The summed E-state index contributed by atoms with van der Waals surface area (Å²) in [5.41, 5.74) is 9.24. The fraction of sp³-hybridized carbons (Fsp3) is 0.571. The number of allylic oxidation sites excluding steroid dienone is 2. The van der Waals surface area contributed by atoms with Crippen molar-refractivity contribution in [3.8, 4) is 0 Å². The lowest BCUT2D eigenvalue weighted by Crippen LogP contribution is -2.18. The summed E-state index contributed by atoms with van der Waals surface area (Å²) in [6.07, 6.45) is 10.0. The van der Waals surface area contributed by atoms with Gasteiger partial charge in [-0.2, -0.15) is 0 Å². The molecule has 1 rings (SSSR count). The summed E-state index contributed by atoms with van der Waals surface area (Å²) in [5, 5.41) is 0.000000000000000222. The fourth-order valence-corrected chi connectivity index (χ4v) is 0.760. The van der Waals surface area contributed by atoms with E-state index in [4.69, 9.17) is 0 Å². The van der Waals surface area contributed by atoms with E-state index in [-0.39, 0.29) is 5.11 Å². The highest BCUT2D eigenvalue weighted by Crippen LogP contribution is 2.07. The number of nitrogens with two attached hydrogens (primary N) is 2. The molecule has 0 bridgehead atoms. The predicted octanol–water partition coefficient (Wildman–Crippen LogP) is 1.31. The first-order valence-corrected chi connectivity index (χ1v) is 3.84. The third-order valence-electron chi connectivity index (χ3n) is 1.16. The number of hydrogen-bond donors (Lipinski definition) is 2. The van der Waals surface area contributed by atoms with Crippen molar-refractivity contribution in [1.82, 2.24) is 0 Å². The van der Waals surface area contributed by atoms with Crippen LogP contribution in [0.15, 0.2) is 12.2 Å². The summed E-state index contributed by atoms with van der Waals surface area (Å²) < 4.78 is 0. The van der Waals surface area contributed by atoms with Crippen molar-refractivity contribution in [2.75, 3.05) is 0 Å². The van der Waals surface area contributed by atoms with E-state index in [1.54, 1.807) is 0 Å². The first-order chi connectivity index (χ1) is 4.73. The molecule has 0 aromatic rings. The molecule has 2 nitrogen and oxygen atoms in total. The molecule has 0 unspecified atom stereocenters. The van der Waals surface area contributed by atoms with Gasteiger partial charge in [0, 0.05) is 0 Å². The lowest BCUT2D eigenvalue weighted by Gasteiger charge is -1.97. The van der Waals surface area contributed by atoms with Crippen molar-refractivity contribution < 1.29 is 0 Å². The second kappa shape index (κ2) is 6.55. The highest BCUT2D eigenvalue weighted by molar-refractivity contribution is 7.80. The zero-order valence-corrected chi connectivity index (χ0v) is 6.86. The maximum atomic E-state index is 4.62. The van der Waals surface area contributed by atoms with Gasteiger partial charge in [0.2, 0.25) is 0 Å². The third-order valence-corrected chi connectivity index (χ3v) is 1.16. The fourth-order valence-electron chi connectivity index (χ4n) is 0.760. The van der Waals surface area contributed by atoms with Crippen LogP contribution in [-0.4, -0.2) is 5.11 Å². The predicted molar refractivity (Wildman–Crippen MR) is 48.6 cm³/mol. The normalized spacial score (nSPS) is 15.2. The van der Waals surface area contributed by atoms with Gasteiger partial charge < -0.3 is 11.5 Å². The molecule has 0 radical (unpaired) electrons. The van der Waals surface area contributed by atoms with Gasteiger partial charge in [0.25, 0.3) is 0 Å². The molecular weight excluding hydrogens is 144 g/mol. The molecule has 0 amide bonds. The highest BCUT2D eigenvalue weighted by atomic mass is 32.1. The van der Waals surface area contributed by atoms with E-state index in [2.05, 4.69) is 35.8 Å². The Morgan fingerprint density at radius 2 is 1.40 bits per heavy atom. The van der Waals surface area contributed by atoms with Gasteiger partial charge in [0.1, 0.15) is 0 Å². The van der Waals surface area contributed by atoms with Crippen LogP contribution in [0.5, 0.6) is 0 Å². The van der Waals surface area contributed by atoms with E-state index in [0.717, 1.165) is 0 Å². The zero-order chi connectivity index (χ0) is 7.82. The summed E-state index contributed by atoms with van der Waals surface area (Å²) in [5.74, 6) is 0. The molecule has 3 heteroatoms. The maximum absolute atomic E-state index is 4.62. The summed E-state index contributed by atoms with van der Waals surface area (Å²) in [6.45, 7) is 0. The quantitative estimate of drug-likeness (QED) is 0.413. The minimum Gasteiger partial charge on any atom is -0.377 e. The van der Waals surface area contributed by atoms with E-state index in [1.807, 2.05) is 0 Å². The van der Waals surface area contributed by atoms with E-state index in [0.29, 0.717) is 0 Å². The minimum atomic E-state index is 0.000000000000000222. The van der Waals surface area contributed by atoms with E-state index < -0.39 is 0 Å². The molecule has 0 atom stereocenters. The average Bonchev–Trinajstić information content (AvgIpc) is 1.90. The first-order valence-electron chi connectivity index (χ1n) is 3.43. The van der Waals surface area contributed by atoms with Crippen LogP contribution >= 0.6 is 12.2 Å². The van der Waals surface area contributed by atoms with Crippen molar-refractivity contribution in [2.45, 2.75) is 25.7 Å². The van der Waals surface area contributed by atoms with E-state index >= 15 is 0 Å². The average molecular weight is 158 g/mol. The molecule has 0 heterocycles. The van der Waals surface area contributed by atoms with E-state index in [1.165, 1.54) is 25.7 Å². The van der Waals surface area contributed by atoms with Crippen LogP contribution in [0.4, 0.5) is 0 Å². The zero-order valence-electron chi connectivity index (χ0n) is 6.05. The summed E-state index contributed by atoms with van der Waals surface area (Å²) in [6, 6.07) is 0. The topological polar surface area (TPSA) is 52.0 Å². The van der Waals surface area contributed by atoms with E-state index in [9.17, 15) is 0 Å². The van der Waals surface area contributed by atoms with Crippen molar-refractivity contribution in [1.29, 1.82) is 0 Å². The monoisotopic (exact) mass is 158 g/mol. The van der Waals surface area contributed by atoms with Gasteiger partial charge in [-0.3, -0.25) is 0 Å². The first kappa shape index (κ1) is 9.43. The SMILES string of the molecule is C1=CCCCC1.NC(N)=S. The number of rotatable bonds is 0. The molecule has 0 aromatic carbocycles. The second-order valence-electron chi connectivity index (χ2n) is 2.16. The Hall–Kier alpha value is -0.570. The largest absolute Gasteiger partial charge is 0.377 e. The highest BCUT2D eigenvalue weighted by Gasteiger charge is 1.87. The van der Waals surface area contributed by atoms with Gasteiger partial charge in [0.15, 0.2) is 5.11 Å². The minimum absolute atomic E-state index is 0.000000000000000222. The Bertz CT molecular complexity index is 109. The van der Waals surface area contributed by atoms with Gasteiger partial charge in [0.05, 0.1) is 0 Å². The van der Waals surface area contributed by atoms with Gasteiger partial charge in [-0.05, 0) is 37.9 Å². The molecular formula is C7H14N2S. The summed E-state index contributed by atoms with van der Waals surface area (Å²) in [7, 11) is 0. The van der Waals surface area contributed by atoms with Crippen LogP contribution in [0.25, 0.3) is 0 Å². The third kappa shape index (κ3) is 10.4. The molecule has 58 valence electrons. The molecule has 10 heavy (non-hydrogen) atoms. The van der Waals surface area contributed by atoms with Gasteiger partial charge in [-0.1, -0.05) is 12.2 Å². The van der Waals surface area contributed by atoms with Crippen molar-refractivity contribution in [2.24, 2.45) is 11.5 Å². The molecule has 0 aromatic heterocycles. The molecule has 1 aliphatic carbocycles. The molecule has 1 aliphatic rings. The Kier molecular flexibility index (Phi) is 6.18. The van der Waals surface area contributed by atoms with Crippen LogP contribution in [0, 0.1) is 0 Å². The molecule has 0 spiro atoms. The van der Waals surface area contributed by atoms with Crippen LogP contribution in [0.1, 0.15) is 25.7 Å². The molecule has 0 fully saturated rings. The van der Waals surface area contributed by atoms with Crippen molar-refractivity contribution in [3.05, 3.63) is 12.2 Å². The van der Waals surface area contributed by atoms with Gasteiger partial charge >= 0.3 is 0 Å². The Labute approximate surface area is 67.3 Å². The number of hydrogen-bond acceptors (Lipinski definition) is 1. The molecule has 0 aliphatic heterocycles. The molecule has 0 saturated heterocycles. The Balaban J connectivity index is 0.000000180. The Morgan fingerprint density at radius 1 is 1.10 bits per heavy atom. The van der Waals surface area contributed by atoms with Crippen molar-refractivity contribution >= 4 is 17.3 Å². The van der Waals surface area contributed by atoms with Crippen LogP contribution in [-0.2, 0) is 0 Å². The van der Waals surface area contributed by atoms with Crippen LogP contribution < -0.4 is 11.5 Å². The van der Waals surface area contributed by atoms with Crippen LogP contribution in [0.3, 0.4) is 0 Å².